The molecule has 3 aromatic rings. The summed E-state index contributed by atoms with van der Waals surface area (Å²) < 4.78 is 7.23. The van der Waals surface area contributed by atoms with E-state index in [2.05, 4.69) is 10.1 Å². The van der Waals surface area contributed by atoms with E-state index in [0.29, 0.717) is 30.5 Å². The fraction of sp³-hybridized carbons (Fsp3) is 0.278. The molecule has 3 heterocycles. The molecule has 0 bridgehead atoms. The van der Waals surface area contributed by atoms with Gasteiger partial charge in [0, 0.05) is 37.8 Å². The van der Waals surface area contributed by atoms with E-state index in [1.165, 1.54) is 0 Å². The Morgan fingerprint density at radius 2 is 2.04 bits per heavy atom. The second-order valence-corrected chi connectivity index (χ2v) is 6.06. The van der Waals surface area contributed by atoms with Gasteiger partial charge in [0.15, 0.2) is 5.82 Å². The number of benzene rings is 1. The summed E-state index contributed by atoms with van der Waals surface area (Å²) >= 11 is 0. The number of carbonyl (C=O) groups is 1. The number of carbonyl (C=O) groups excluding carboxylic acids is 1. The quantitative estimate of drug-likeness (QED) is 0.744. The van der Waals surface area contributed by atoms with E-state index in [9.17, 15) is 4.79 Å². The molecule has 0 saturated carbocycles. The third-order valence-electron chi connectivity index (χ3n) is 4.47. The predicted molar refractivity (Wildman–Crippen MR) is 88.4 cm³/mol. The monoisotopic (exact) mass is 322 g/mol. The number of hydrogen-bond donors (Lipinski definition) is 0. The summed E-state index contributed by atoms with van der Waals surface area (Å²) in [5, 5.41) is 4.12. The third-order valence-corrected chi connectivity index (χ3v) is 4.47. The van der Waals surface area contributed by atoms with E-state index in [-0.39, 0.29) is 11.8 Å². The molecule has 1 fully saturated rings. The van der Waals surface area contributed by atoms with E-state index >= 15 is 0 Å². The molecule has 0 aliphatic carbocycles. The Kier molecular flexibility index (Phi) is 3.65. The molecule has 24 heavy (non-hydrogen) atoms. The lowest BCUT2D eigenvalue weighted by Crippen LogP contribution is -2.29. The molecule has 4 rings (SSSR count). The first-order chi connectivity index (χ1) is 11.7. The standard InChI is InChI=1S/C18H18N4O2/c1-21-10-5-8-15(21)18(23)22-11-9-14(12-22)16-19-17(24-20-16)13-6-3-2-4-7-13/h2-8,10,14H,9,11-12H2,1H3/t14-/m1/s1. The van der Waals surface area contributed by atoms with Gasteiger partial charge in [-0.25, -0.2) is 0 Å². The molecular weight excluding hydrogens is 304 g/mol. The van der Waals surface area contributed by atoms with Crippen molar-refractivity contribution in [3.05, 3.63) is 60.2 Å². The van der Waals surface area contributed by atoms with Crippen LogP contribution in [0.4, 0.5) is 0 Å². The average Bonchev–Trinajstić information content (AvgIpc) is 3.35. The van der Waals surface area contributed by atoms with Crippen molar-refractivity contribution in [3.8, 4) is 11.5 Å². The first-order valence-electron chi connectivity index (χ1n) is 8.02. The molecule has 6 nitrogen and oxygen atoms in total. The van der Waals surface area contributed by atoms with Gasteiger partial charge in [-0.05, 0) is 30.7 Å². The van der Waals surface area contributed by atoms with Crippen molar-refractivity contribution < 1.29 is 9.32 Å². The zero-order valence-corrected chi connectivity index (χ0v) is 13.4. The van der Waals surface area contributed by atoms with E-state index in [1.54, 1.807) is 0 Å². The van der Waals surface area contributed by atoms with Crippen LogP contribution in [0.1, 0.15) is 28.7 Å². The Labute approximate surface area is 139 Å². The predicted octanol–water partition coefficient (Wildman–Crippen LogP) is 2.70. The van der Waals surface area contributed by atoms with E-state index in [4.69, 9.17) is 4.52 Å². The largest absolute Gasteiger partial charge is 0.347 e. The minimum atomic E-state index is 0.0526. The number of aromatic nitrogens is 3. The Bertz CT molecular complexity index is 853. The number of amides is 1. The van der Waals surface area contributed by atoms with Gasteiger partial charge in [0.25, 0.3) is 11.8 Å². The van der Waals surface area contributed by atoms with Gasteiger partial charge in [-0.3, -0.25) is 4.79 Å². The lowest BCUT2D eigenvalue weighted by atomic mass is 10.1. The Hall–Kier alpha value is -2.89. The normalized spacial score (nSPS) is 17.4. The fourth-order valence-corrected chi connectivity index (χ4v) is 3.10. The number of rotatable bonds is 3. The molecular formula is C18H18N4O2. The fourth-order valence-electron chi connectivity index (χ4n) is 3.10. The Morgan fingerprint density at radius 3 is 2.79 bits per heavy atom. The molecule has 122 valence electrons. The smallest absolute Gasteiger partial charge is 0.270 e. The first kappa shape index (κ1) is 14.7. The molecule has 1 aliphatic rings. The summed E-state index contributed by atoms with van der Waals surface area (Å²) in [6.07, 6.45) is 2.73. The van der Waals surface area contributed by atoms with Crippen LogP contribution in [0.25, 0.3) is 11.5 Å². The van der Waals surface area contributed by atoms with Crippen LogP contribution in [0, 0.1) is 0 Å². The third kappa shape index (κ3) is 2.60. The molecule has 1 amide bonds. The number of hydrogen-bond acceptors (Lipinski definition) is 4. The molecule has 1 aromatic carbocycles. The summed E-state index contributed by atoms with van der Waals surface area (Å²) in [7, 11) is 1.88. The topological polar surface area (TPSA) is 64.2 Å². The van der Waals surface area contributed by atoms with Gasteiger partial charge in [-0.2, -0.15) is 4.98 Å². The number of nitrogens with zero attached hydrogens (tertiary/aromatic N) is 4. The minimum absolute atomic E-state index is 0.0526. The van der Waals surface area contributed by atoms with E-state index < -0.39 is 0 Å². The van der Waals surface area contributed by atoms with Gasteiger partial charge < -0.3 is 14.0 Å². The number of aryl methyl sites for hydroxylation is 1. The summed E-state index contributed by atoms with van der Waals surface area (Å²) in [5.41, 5.74) is 1.61. The molecule has 0 radical (unpaired) electrons. The molecule has 1 aliphatic heterocycles. The van der Waals surface area contributed by atoms with Gasteiger partial charge in [0.2, 0.25) is 0 Å². The minimum Gasteiger partial charge on any atom is -0.347 e. The summed E-state index contributed by atoms with van der Waals surface area (Å²) in [5.74, 6) is 1.38. The second kappa shape index (κ2) is 5.96. The van der Waals surface area contributed by atoms with Crippen LogP contribution < -0.4 is 0 Å². The summed E-state index contributed by atoms with van der Waals surface area (Å²) in [4.78, 5) is 18.9. The van der Waals surface area contributed by atoms with Crippen LogP contribution in [0.15, 0.2) is 53.2 Å². The second-order valence-electron chi connectivity index (χ2n) is 6.06. The average molecular weight is 322 g/mol. The summed E-state index contributed by atoms with van der Waals surface area (Å²) in [6.45, 7) is 1.33. The van der Waals surface area contributed by atoms with Crippen molar-refractivity contribution in [1.29, 1.82) is 0 Å². The van der Waals surface area contributed by atoms with Gasteiger partial charge in [0.05, 0.1) is 0 Å². The van der Waals surface area contributed by atoms with Crippen molar-refractivity contribution in [1.82, 2.24) is 19.6 Å². The first-order valence-corrected chi connectivity index (χ1v) is 8.02. The Morgan fingerprint density at radius 1 is 1.21 bits per heavy atom. The van der Waals surface area contributed by atoms with E-state index in [0.717, 1.165) is 12.0 Å². The maximum Gasteiger partial charge on any atom is 0.270 e. The molecule has 2 aromatic heterocycles. The van der Waals surface area contributed by atoms with Crippen molar-refractivity contribution in [2.24, 2.45) is 7.05 Å². The SMILES string of the molecule is Cn1cccc1C(=O)N1CC[C@@H](c2noc(-c3ccccc3)n2)C1. The molecule has 0 unspecified atom stereocenters. The lowest BCUT2D eigenvalue weighted by Gasteiger charge is -2.16. The zero-order valence-electron chi connectivity index (χ0n) is 13.4. The highest BCUT2D eigenvalue weighted by molar-refractivity contribution is 5.93. The van der Waals surface area contributed by atoms with Gasteiger partial charge in [-0.1, -0.05) is 23.4 Å². The van der Waals surface area contributed by atoms with Gasteiger partial charge >= 0.3 is 0 Å². The van der Waals surface area contributed by atoms with Crippen LogP contribution >= 0.6 is 0 Å². The zero-order chi connectivity index (χ0) is 16.5. The molecule has 1 atom stereocenters. The highest BCUT2D eigenvalue weighted by Crippen LogP contribution is 2.28. The van der Waals surface area contributed by atoms with Crippen LogP contribution in [0.3, 0.4) is 0 Å². The van der Waals surface area contributed by atoms with Crippen molar-refractivity contribution >= 4 is 5.91 Å². The highest BCUT2D eigenvalue weighted by Gasteiger charge is 2.31. The maximum atomic E-state index is 12.6. The van der Waals surface area contributed by atoms with Crippen molar-refractivity contribution in [2.45, 2.75) is 12.3 Å². The highest BCUT2D eigenvalue weighted by atomic mass is 16.5. The van der Waals surface area contributed by atoms with Crippen LogP contribution in [0.5, 0.6) is 0 Å². The van der Waals surface area contributed by atoms with Crippen molar-refractivity contribution in [3.63, 3.8) is 0 Å². The maximum absolute atomic E-state index is 12.6. The molecule has 0 N–H and O–H groups in total. The van der Waals surface area contributed by atoms with Crippen molar-refractivity contribution in [2.75, 3.05) is 13.1 Å². The molecule has 6 heteroatoms. The molecule has 0 spiro atoms. The van der Waals surface area contributed by atoms with E-state index in [1.807, 2.05) is 65.2 Å². The summed E-state index contributed by atoms with van der Waals surface area (Å²) in [6, 6.07) is 13.4. The van der Waals surface area contributed by atoms with Gasteiger partial charge in [0.1, 0.15) is 5.69 Å². The van der Waals surface area contributed by atoms with Crippen LogP contribution in [-0.2, 0) is 7.05 Å². The van der Waals surface area contributed by atoms with Crippen LogP contribution in [-0.4, -0.2) is 38.6 Å². The van der Waals surface area contributed by atoms with Gasteiger partial charge in [-0.15, -0.1) is 0 Å². The molecule has 1 saturated heterocycles. The lowest BCUT2D eigenvalue weighted by molar-refractivity contribution is 0.0781. The van der Waals surface area contributed by atoms with Crippen LogP contribution in [0.2, 0.25) is 0 Å². The number of likely N-dealkylation sites (tertiary alicyclic amines) is 1. The Balaban J connectivity index is 1.49.